The summed E-state index contributed by atoms with van der Waals surface area (Å²) in [6, 6.07) is 13.5. The number of hydrazone groups is 1. The highest BCUT2D eigenvalue weighted by Crippen LogP contribution is 2.52. The van der Waals surface area contributed by atoms with E-state index in [1.807, 2.05) is 6.07 Å². The highest BCUT2D eigenvalue weighted by atomic mass is 19.1. The Morgan fingerprint density at radius 3 is 2.38 bits per heavy atom. The Morgan fingerprint density at radius 1 is 1.00 bits per heavy atom. The molecule has 1 aliphatic heterocycles. The van der Waals surface area contributed by atoms with Crippen LogP contribution < -0.4 is 4.74 Å². The monoisotopic (exact) mass is 390 g/mol. The molecule has 1 saturated heterocycles. The van der Waals surface area contributed by atoms with E-state index in [0.29, 0.717) is 16.9 Å². The molecule has 2 aromatic carbocycles. The van der Waals surface area contributed by atoms with Gasteiger partial charge in [-0.05, 0) is 36.5 Å². The number of halogens is 1. The van der Waals surface area contributed by atoms with Crippen LogP contribution >= 0.6 is 0 Å². The molecule has 1 heterocycles. The molecule has 2 fully saturated rings. The van der Waals surface area contributed by atoms with Gasteiger partial charge in [0, 0.05) is 11.1 Å². The Balaban J connectivity index is 1.34. The van der Waals surface area contributed by atoms with Gasteiger partial charge in [-0.1, -0.05) is 42.5 Å². The number of rotatable bonds is 5. The number of benzene rings is 2. The van der Waals surface area contributed by atoms with Crippen molar-refractivity contribution < 1.29 is 18.7 Å². The standard InChI is InChI=1S/C23H19FN2O3/c24-18-7-3-1-6-17(18)13-29-19-8-4-2-5-16(19)12-25-26-22(27)20-14-9-10-15(11-14)21(20)23(26)28/h1-10,12,14-15,20-21H,11,13H2/t14-,15-,20-,21+/m0/s1. The number of amides is 2. The van der Waals surface area contributed by atoms with E-state index in [1.54, 1.807) is 36.4 Å². The van der Waals surface area contributed by atoms with Crippen molar-refractivity contribution in [2.75, 3.05) is 0 Å². The van der Waals surface area contributed by atoms with E-state index in [4.69, 9.17) is 4.74 Å². The topological polar surface area (TPSA) is 59.0 Å². The van der Waals surface area contributed by atoms with Gasteiger partial charge in [-0.3, -0.25) is 9.59 Å². The number of carbonyl (C=O) groups is 2. The minimum absolute atomic E-state index is 0.0677. The second-order valence-electron chi connectivity index (χ2n) is 7.65. The van der Waals surface area contributed by atoms with E-state index >= 15 is 0 Å². The fourth-order valence-electron chi connectivity index (χ4n) is 4.61. The Kier molecular flexibility index (Phi) is 4.27. The second-order valence-corrected chi connectivity index (χ2v) is 7.65. The Morgan fingerprint density at radius 2 is 1.66 bits per heavy atom. The van der Waals surface area contributed by atoms with Gasteiger partial charge in [-0.25, -0.2) is 4.39 Å². The van der Waals surface area contributed by atoms with Crippen molar-refractivity contribution in [3.05, 3.63) is 77.6 Å². The van der Waals surface area contributed by atoms with E-state index in [9.17, 15) is 14.0 Å². The molecule has 2 aliphatic carbocycles. The van der Waals surface area contributed by atoms with Gasteiger partial charge in [0.05, 0.1) is 18.1 Å². The molecule has 2 aromatic rings. The van der Waals surface area contributed by atoms with Crippen LogP contribution in [-0.4, -0.2) is 23.0 Å². The van der Waals surface area contributed by atoms with Gasteiger partial charge in [0.1, 0.15) is 18.2 Å². The van der Waals surface area contributed by atoms with Crippen molar-refractivity contribution in [2.24, 2.45) is 28.8 Å². The molecule has 5 nitrogen and oxygen atoms in total. The zero-order valence-corrected chi connectivity index (χ0v) is 15.6. The molecular weight excluding hydrogens is 371 g/mol. The SMILES string of the molecule is O=C1[C@@H]2[C@H](C(=O)N1N=Cc1ccccc1OCc1ccccc1F)[C@H]1C=C[C@H]2C1. The van der Waals surface area contributed by atoms with Crippen molar-refractivity contribution in [3.63, 3.8) is 0 Å². The zero-order chi connectivity index (χ0) is 20.0. The fourth-order valence-corrected chi connectivity index (χ4v) is 4.61. The van der Waals surface area contributed by atoms with Crippen LogP contribution in [0.4, 0.5) is 4.39 Å². The van der Waals surface area contributed by atoms with E-state index in [-0.39, 0.29) is 47.9 Å². The predicted octanol–water partition coefficient (Wildman–Crippen LogP) is 3.55. The summed E-state index contributed by atoms with van der Waals surface area (Å²) in [6.07, 6.45) is 6.45. The number of allylic oxidation sites excluding steroid dienone is 2. The second kappa shape index (κ2) is 6.95. The molecule has 0 aromatic heterocycles. The van der Waals surface area contributed by atoms with E-state index in [1.165, 1.54) is 12.3 Å². The van der Waals surface area contributed by atoms with Crippen LogP contribution in [0.2, 0.25) is 0 Å². The third-order valence-electron chi connectivity index (χ3n) is 6.02. The molecule has 146 valence electrons. The number of ether oxygens (including phenoxy) is 1. The molecule has 0 N–H and O–H groups in total. The maximum atomic E-state index is 13.8. The maximum absolute atomic E-state index is 13.8. The number of fused-ring (bicyclic) bond motifs is 5. The first kappa shape index (κ1) is 17.8. The van der Waals surface area contributed by atoms with Gasteiger partial charge in [0.25, 0.3) is 11.8 Å². The van der Waals surface area contributed by atoms with Crippen LogP contribution in [0.3, 0.4) is 0 Å². The van der Waals surface area contributed by atoms with Crippen molar-refractivity contribution in [1.82, 2.24) is 5.01 Å². The summed E-state index contributed by atoms with van der Waals surface area (Å²) in [6.45, 7) is 0.0677. The molecular formula is C23H19FN2O3. The van der Waals surface area contributed by atoms with Gasteiger partial charge < -0.3 is 4.74 Å². The van der Waals surface area contributed by atoms with Crippen LogP contribution in [0.15, 0.2) is 65.8 Å². The lowest BCUT2D eigenvalue weighted by Gasteiger charge is -2.13. The summed E-state index contributed by atoms with van der Waals surface area (Å²) >= 11 is 0. The van der Waals surface area contributed by atoms with E-state index in [2.05, 4.69) is 17.3 Å². The average Bonchev–Trinajstić information content (AvgIpc) is 3.41. The van der Waals surface area contributed by atoms with E-state index in [0.717, 1.165) is 11.4 Å². The van der Waals surface area contributed by atoms with Crippen molar-refractivity contribution in [1.29, 1.82) is 0 Å². The minimum Gasteiger partial charge on any atom is -0.488 e. The normalized spacial score (nSPS) is 27.3. The number of carbonyl (C=O) groups excluding carboxylic acids is 2. The first-order valence-corrected chi connectivity index (χ1v) is 9.69. The molecule has 6 heteroatoms. The molecule has 5 rings (SSSR count). The minimum atomic E-state index is -0.332. The van der Waals surface area contributed by atoms with Crippen LogP contribution in [0.5, 0.6) is 5.75 Å². The van der Waals surface area contributed by atoms with Crippen LogP contribution in [0, 0.1) is 29.5 Å². The molecule has 2 bridgehead atoms. The molecule has 0 spiro atoms. The highest BCUT2D eigenvalue weighted by molar-refractivity contribution is 6.06. The van der Waals surface area contributed by atoms with E-state index < -0.39 is 0 Å². The molecule has 0 radical (unpaired) electrons. The quantitative estimate of drug-likeness (QED) is 0.446. The third kappa shape index (κ3) is 2.95. The third-order valence-corrected chi connectivity index (χ3v) is 6.02. The Bertz CT molecular complexity index is 1020. The zero-order valence-electron chi connectivity index (χ0n) is 15.6. The summed E-state index contributed by atoms with van der Waals surface area (Å²) in [5, 5.41) is 5.20. The first-order valence-electron chi connectivity index (χ1n) is 9.69. The van der Waals surface area contributed by atoms with Crippen LogP contribution in [0.25, 0.3) is 0 Å². The molecule has 1 saturated carbocycles. The molecule has 3 aliphatic rings. The summed E-state index contributed by atoms with van der Waals surface area (Å²) < 4.78 is 19.6. The summed E-state index contributed by atoms with van der Waals surface area (Å²) in [5.41, 5.74) is 1.06. The van der Waals surface area contributed by atoms with Crippen molar-refractivity contribution in [3.8, 4) is 5.75 Å². The molecule has 4 atom stereocenters. The van der Waals surface area contributed by atoms with Gasteiger partial charge in [0.2, 0.25) is 0 Å². The number of hydrogen-bond donors (Lipinski definition) is 0. The molecule has 0 unspecified atom stereocenters. The number of hydrogen-bond acceptors (Lipinski definition) is 4. The first-order chi connectivity index (χ1) is 14.1. The number of para-hydroxylation sites is 1. The smallest absolute Gasteiger partial charge is 0.254 e. The Labute approximate surface area is 167 Å². The lowest BCUT2D eigenvalue weighted by molar-refractivity contribution is -0.140. The summed E-state index contributed by atoms with van der Waals surface area (Å²) in [5.74, 6) is -0.529. The van der Waals surface area contributed by atoms with Crippen LogP contribution in [-0.2, 0) is 16.2 Å². The van der Waals surface area contributed by atoms with Gasteiger partial charge in [-0.2, -0.15) is 10.1 Å². The predicted molar refractivity (Wildman–Crippen MR) is 104 cm³/mol. The van der Waals surface area contributed by atoms with Crippen molar-refractivity contribution >= 4 is 18.0 Å². The maximum Gasteiger partial charge on any atom is 0.254 e. The number of imide groups is 1. The van der Waals surface area contributed by atoms with Gasteiger partial charge in [-0.15, -0.1) is 0 Å². The Hall–Kier alpha value is -3.28. The molecule has 29 heavy (non-hydrogen) atoms. The van der Waals surface area contributed by atoms with Gasteiger partial charge in [0.15, 0.2) is 0 Å². The lowest BCUT2D eigenvalue weighted by Crippen LogP contribution is -2.28. The average molecular weight is 390 g/mol. The summed E-state index contributed by atoms with van der Waals surface area (Å²) in [7, 11) is 0. The van der Waals surface area contributed by atoms with Gasteiger partial charge >= 0.3 is 0 Å². The highest BCUT2D eigenvalue weighted by Gasteiger charge is 2.59. The fraction of sp³-hybridized carbons (Fsp3) is 0.261. The van der Waals surface area contributed by atoms with Crippen molar-refractivity contribution in [2.45, 2.75) is 13.0 Å². The number of nitrogens with zero attached hydrogens (tertiary/aromatic N) is 2. The summed E-state index contributed by atoms with van der Waals surface area (Å²) in [4.78, 5) is 25.5. The molecule has 2 amide bonds. The lowest BCUT2D eigenvalue weighted by atomic mass is 9.85. The largest absolute Gasteiger partial charge is 0.488 e. The van der Waals surface area contributed by atoms with Crippen LogP contribution in [0.1, 0.15) is 17.5 Å².